The second-order valence-electron chi connectivity index (χ2n) is 4.17. The van der Waals surface area contributed by atoms with Crippen molar-refractivity contribution in [2.75, 3.05) is 18.6 Å². The lowest BCUT2D eigenvalue weighted by Gasteiger charge is -2.14. The minimum absolute atomic E-state index is 0.559. The van der Waals surface area contributed by atoms with Gasteiger partial charge < -0.3 is 5.32 Å². The predicted octanol–water partition coefficient (Wildman–Crippen LogP) is 2.60. The van der Waals surface area contributed by atoms with E-state index >= 15 is 0 Å². The van der Waals surface area contributed by atoms with Gasteiger partial charge in [0.25, 0.3) is 0 Å². The smallest absolute Gasteiger partial charge is 0.189 e. The lowest BCUT2D eigenvalue weighted by atomic mass is 10.2. The van der Waals surface area contributed by atoms with Crippen molar-refractivity contribution in [1.82, 2.24) is 9.97 Å². The molecule has 1 aliphatic rings. The van der Waals surface area contributed by atoms with Crippen LogP contribution in [0.4, 0.5) is 5.82 Å². The summed E-state index contributed by atoms with van der Waals surface area (Å²) in [5.74, 6) is 0.918. The Morgan fingerprint density at radius 3 is 2.88 bits per heavy atom. The molecule has 0 saturated heterocycles. The Morgan fingerprint density at radius 1 is 1.47 bits per heavy atom. The summed E-state index contributed by atoms with van der Waals surface area (Å²) in [7, 11) is 1.77. The predicted molar refractivity (Wildman–Crippen MR) is 73.2 cm³/mol. The Bertz CT molecular complexity index is 399. The molecular weight excluding hydrogens is 232 g/mol. The summed E-state index contributed by atoms with van der Waals surface area (Å²) in [5, 5.41) is 4.32. The molecule has 1 saturated carbocycles. The maximum Gasteiger partial charge on any atom is 0.189 e. The Kier molecular flexibility index (Phi) is 4.36. The normalized spacial score (nSPS) is 16.8. The summed E-state index contributed by atoms with van der Waals surface area (Å²) in [4.78, 5) is 12.8. The molecule has 1 aromatic rings. The first-order chi connectivity index (χ1) is 8.33. The first-order valence-electron chi connectivity index (χ1n) is 5.93. The lowest BCUT2D eigenvalue weighted by Crippen LogP contribution is -2.17. The van der Waals surface area contributed by atoms with E-state index in [1.165, 1.54) is 25.7 Å². The molecule has 1 fully saturated rings. The second kappa shape index (κ2) is 6.00. The quantitative estimate of drug-likeness (QED) is 0.507. The Morgan fingerprint density at radius 2 is 2.24 bits per heavy atom. The number of thioether (sulfide) groups is 1. The minimum atomic E-state index is 0.559. The fourth-order valence-corrected chi connectivity index (χ4v) is 2.43. The number of hydrogen-bond acceptors (Lipinski definition) is 5. The standard InChI is InChI=1S/C12H18N4S/c1-13-7-9-8-14-12(17-2)16-11(9)15-10-5-3-4-6-10/h7-8,10H,3-6H2,1-2H3,(H,14,15,16). The van der Waals surface area contributed by atoms with Crippen molar-refractivity contribution in [3.8, 4) is 0 Å². The SMILES string of the molecule is CN=Cc1cnc(SC)nc1NC1CCCC1. The van der Waals surface area contributed by atoms with Crippen LogP contribution >= 0.6 is 11.8 Å². The van der Waals surface area contributed by atoms with E-state index in [9.17, 15) is 0 Å². The molecule has 1 aliphatic carbocycles. The van der Waals surface area contributed by atoms with Gasteiger partial charge in [-0.3, -0.25) is 4.99 Å². The van der Waals surface area contributed by atoms with Gasteiger partial charge in [-0.1, -0.05) is 24.6 Å². The number of anilines is 1. The number of rotatable bonds is 4. The zero-order valence-electron chi connectivity index (χ0n) is 10.3. The van der Waals surface area contributed by atoms with Gasteiger partial charge in [0, 0.05) is 25.5 Å². The molecule has 0 spiro atoms. The molecule has 0 aromatic carbocycles. The molecule has 0 unspecified atom stereocenters. The first kappa shape index (κ1) is 12.4. The number of aromatic nitrogens is 2. The van der Waals surface area contributed by atoms with E-state index in [-0.39, 0.29) is 0 Å². The maximum absolute atomic E-state index is 4.52. The molecule has 0 amide bonds. The summed E-state index contributed by atoms with van der Waals surface area (Å²) in [6, 6.07) is 0.559. The topological polar surface area (TPSA) is 50.2 Å². The van der Waals surface area contributed by atoms with Crippen LogP contribution in [0.25, 0.3) is 0 Å². The Balaban J connectivity index is 2.20. The van der Waals surface area contributed by atoms with Crippen molar-refractivity contribution in [1.29, 1.82) is 0 Å². The van der Waals surface area contributed by atoms with Crippen molar-refractivity contribution >= 4 is 23.8 Å². The molecular formula is C12H18N4S. The van der Waals surface area contributed by atoms with Gasteiger partial charge in [0.15, 0.2) is 5.16 Å². The highest BCUT2D eigenvalue weighted by atomic mass is 32.2. The van der Waals surface area contributed by atoms with E-state index in [0.717, 1.165) is 16.5 Å². The first-order valence-corrected chi connectivity index (χ1v) is 7.15. The van der Waals surface area contributed by atoms with Crippen LogP contribution in [0, 0.1) is 0 Å². The van der Waals surface area contributed by atoms with E-state index in [1.807, 2.05) is 12.5 Å². The van der Waals surface area contributed by atoms with Gasteiger partial charge in [-0.15, -0.1) is 0 Å². The van der Waals surface area contributed by atoms with Crippen LogP contribution in [0.5, 0.6) is 0 Å². The molecule has 4 nitrogen and oxygen atoms in total. The third-order valence-electron chi connectivity index (χ3n) is 2.94. The van der Waals surface area contributed by atoms with E-state index in [4.69, 9.17) is 0 Å². The molecule has 1 heterocycles. The van der Waals surface area contributed by atoms with Gasteiger partial charge in [0.05, 0.1) is 5.56 Å². The molecule has 1 aromatic heterocycles. The summed E-state index contributed by atoms with van der Waals surface area (Å²) in [6.07, 6.45) is 10.7. The lowest BCUT2D eigenvalue weighted by molar-refractivity contribution is 0.745. The van der Waals surface area contributed by atoms with Crippen molar-refractivity contribution in [3.05, 3.63) is 11.8 Å². The molecule has 0 radical (unpaired) electrons. The zero-order chi connectivity index (χ0) is 12.1. The molecule has 5 heteroatoms. The van der Waals surface area contributed by atoms with Gasteiger partial charge >= 0.3 is 0 Å². The summed E-state index contributed by atoms with van der Waals surface area (Å²) < 4.78 is 0. The minimum Gasteiger partial charge on any atom is -0.367 e. The Labute approximate surface area is 106 Å². The van der Waals surface area contributed by atoms with Crippen molar-refractivity contribution in [3.63, 3.8) is 0 Å². The fourth-order valence-electron chi connectivity index (χ4n) is 2.09. The van der Waals surface area contributed by atoms with Gasteiger partial charge in [0.1, 0.15) is 5.82 Å². The highest BCUT2D eigenvalue weighted by molar-refractivity contribution is 7.98. The van der Waals surface area contributed by atoms with Crippen molar-refractivity contribution in [2.45, 2.75) is 36.9 Å². The highest BCUT2D eigenvalue weighted by Crippen LogP contribution is 2.23. The third-order valence-corrected chi connectivity index (χ3v) is 3.50. The maximum atomic E-state index is 4.52. The van der Waals surface area contributed by atoms with Crippen LogP contribution in [0.2, 0.25) is 0 Å². The van der Waals surface area contributed by atoms with E-state index in [1.54, 1.807) is 25.0 Å². The molecule has 0 bridgehead atoms. The zero-order valence-corrected chi connectivity index (χ0v) is 11.1. The van der Waals surface area contributed by atoms with Crippen LogP contribution in [-0.2, 0) is 0 Å². The summed E-state index contributed by atoms with van der Waals surface area (Å²) in [5.41, 5.74) is 0.970. The van der Waals surface area contributed by atoms with Crippen LogP contribution in [-0.4, -0.2) is 35.5 Å². The largest absolute Gasteiger partial charge is 0.367 e. The van der Waals surface area contributed by atoms with Gasteiger partial charge in [0.2, 0.25) is 0 Å². The van der Waals surface area contributed by atoms with E-state index in [0.29, 0.717) is 6.04 Å². The number of aliphatic imine (C=N–C) groups is 1. The van der Waals surface area contributed by atoms with E-state index < -0.39 is 0 Å². The van der Waals surface area contributed by atoms with Crippen LogP contribution < -0.4 is 5.32 Å². The fraction of sp³-hybridized carbons (Fsp3) is 0.583. The molecule has 2 rings (SSSR count). The molecule has 1 N–H and O–H groups in total. The number of nitrogens with zero attached hydrogens (tertiary/aromatic N) is 3. The third kappa shape index (κ3) is 3.19. The van der Waals surface area contributed by atoms with Gasteiger partial charge in [-0.2, -0.15) is 0 Å². The van der Waals surface area contributed by atoms with Crippen LogP contribution in [0.3, 0.4) is 0 Å². The number of hydrogen-bond donors (Lipinski definition) is 1. The highest BCUT2D eigenvalue weighted by Gasteiger charge is 2.16. The van der Waals surface area contributed by atoms with E-state index in [2.05, 4.69) is 20.3 Å². The van der Waals surface area contributed by atoms with Crippen LogP contribution in [0.15, 0.2) is 16.3 Å². The molecule has 92 valence electrons. The number of nitrogens with one attached hydrogen (secondary N) is 1. The monoisotopic (exact) mass is 250 g/mol. The summed E-state index contributed by atoms with van der Waals surface area (Å²) >= 11 is 1.56. The molecule has 0 atom stereocenters. The van der Waals surface area contributed by atoms with Crippen LogP contribution in [0.1, 0.15) is 31.2 Å². The second-order valence-corrected chi connectivity index (χ2v) is 4.95. The van der Waals surface area contributed by atoms with Gasteiger partial charge in [-0.05, 0) is 19.1 Å². The van der Waals surface area contributed by atoms with Gasteiger partial charge in [-0.25, -0.2) is 9.97 Å². The molecule has 0 aliphatic heterocycles. The average Bonchev–Trinajstić information content (AvgIpc) is 2.84. The van der Waals surface area contributed by atoms with Crippen molar-refractivity contribution in [2.24, 2.45) is 4.99 Å². The molecule has 17 heavy (non-hydrogen) atoms. The average molecular weight is 250 g/mol. The summed E-state index contributed by atoms with van der Waals surface area (Å²) in [6.45, 7) is 0. The van der Waals surface area contributed by atoms with Crippen molar-refractivity contribution < 1.29 is 0 Å². The Hall–Kier alpha value is -1.10.